The van der Waals surface area contributed by atoms with Gasteiger partial charge in [-0.25, -0.2) is 9.78 Å². The Balaban J connectivity index is 2.71. The van der Waals surface area contributed by atoms with Gasteiger partial charge in [-0.15, -0.1) is 0 Å². The minimum atomic E-state index is -1.04. The van der Waals surface area contributed by atoms with E-state index >= 15 is 0 Å². The van der Waals surface area contributed by atoms with E-state index in [0.29, 0.717) is 29.8 Å². The Morgan fingerprint density at radius 3 is 2.79 bits per heavy atom. The number of rotatable bonds is 5. The van der Waals surface area contributed by atoms with Crippen LogP contribution in [0.25, 0.3) is 11.0 Å². The lowest BCUT2D eigenvalue weighted by atomic mass is 10.1. The Labute approximate surface area is 110 Å². The maximum Gasteiger partial charge on any atom is 0.339 e. The van der Waals surface area contributed by atoms with Crippen molar-refractivity contribution < 1.29 is 15.0 Å². The van der Waals surface area contributed by atoms with Crippen LogP contribution in [0.5, 0.6) is 0 Å². The molecule has 2 heterocycles. The van der Waals surface area contributed by atoms with Gasteiger partial charge in [0.15, 0.2) is 5.65 Å². The third-order valence-electron chi connectivity index (χ3n) is 3.03. The molecule has 2 N–H and O–H groups in total. The summed E-state index contributed by atoms with van der Waals surface area (Å²) in [5.74, 6) is -1.04. The molecular weight excluding hydrogens is 248 g/mol. The first-order chi connectivity index (χ1) is 9.10. The molecule has 102 valence electrons. The molecule has 2 aromatic rings. The van der Waals surface area contributed by atoms with Crippen molar-refractivity contribution in [3.05, 3.63) is 18.0 Å². The highest BCUT2D eigenvalue weighted by molar-refractivity contribution is 6.03. The fraction of sp³-hybridized carbons (Fsp3) is 0.417. The predicted octanol–water partition coefficient (Wildman–Crippen LogP) is 0.485. The zero-order valence-corrected chi connectivity index (χ0v) is 10.9. The molecule has 7 heteroatoms. The second-order valence-electron chi connectivity index (χ2n) is 4.13. The molecule has 0 saturated heterocycles. The van der Waals surface area contributed by atoms with Gasteiger partial charge in [-0.3, -0.25) is 4.68 Å². The molecule has 19 heavy (non-hydrogen) atoms. The van der Waals surface area contributed by atoms with Gasteiger partial charge in [0.2, 0.25) is 0 Å². The molecule has 0 aliphatic heterocycles. The van der Waals surface area contributed by atoms with Crippen molar-refractivity contribution in [1.82, 2.24) is 14.8 Å². The highest BCUT2D eigenvalue weighted by Crippen LogP contribution is 2.29. The van der Waals surface area contributed by atoms with Crippen LogP contribution in [-0.2, 0) is 7.05 Å². The molecular formula is C12H16N4O3. The van der Waals surface area contributed by atoms with Crippen LogP contribution in [0.3, 0.4) is 0 Å². The van der Waals surface area contributed by atoms with Crippen molar-refractivity contribution in [3.63, 3.8) is 0 Å². The molecule has 0 atom stereocenters. The largest absolute Gasteiger partial charge is 0.478 e. The van der Waals surface area contributed by atoms with Crippen LogP contribution in [0.1, 0.15) is 17.3 Å². The summed E-state index contributed by atoms with van der Waals surface area (Å²) in [6.45, 7) is 2.82. The fourth-order valence-corrected chi connectivity index (χ4v) is 2.13. The second kappa shape index (κ2) is 5.23. The summed E-state index contributed by atoms with van der Waals surface area (Å²) < 4.78 is 1.59. The highest BCUT2D eigenvalue weighted by atomic mass is 16.4. The summed E-state index contributed by atoms with van der Waals surface area (Å²) in [6.07, 6.45) is 2.94. The van der Waals surface area contributed by atoms with Crippen LogP contribution in [0.2, 0.25) is 0 Å². The maximum atomic E-state index is 11.3. The van der Waals surface area contributed by atoms with Gasteiger partial charge < -0.3 is 15.1 Å². The second-order valence-corrected chi connectivity index (χ2v) is 4.13. The number of hydrogen-bond donors (Lipinski definition) is 2. The van der Waals surface area contributed by atoms with Crippen molar-refractivity contribution in [2.24, 2.45) is 7.05 Å². The van der Waals surface area contributed by atoms with E-state index in [1.54, 1.807) is 17.9 Å². The molecule has 0 aromatic carbocycles. The molecule has 2 rings (SSSR count). The van der Waals surface area contributed by atoms with E-state index in [0.717, 1.165) is 0 Å². The topological polar surface area (TPSA) is 91.5 Å². The zero-order chi connectivity index (χ0) is 14.0. The Kier molecular flexibility index (Phi) is 3.66. The lowest BCUT2D eigenvalue weighted by molar-refractivity contribution is 0.0697. The molecule has 0 aliphatic rings. The molecule has 0 amide bonds. The average Bonchev–Trinajstić information content (AvgIpc) is 2.77. The Bertz CT molecular complexity index is 608. The molecule has 0 bridgehead atoms. The molecule has 0 fully saturated rings. The van der Waals surface area contributed by atoms with E-state index in [2.05, 4.69) is 10.1 Å². The number of likely N-dealkylation sites (N-methyl/N-ethyl adjacent to an activating group) is 1. The summed E-state index contributed by atoms with van der Waals surface area (Å²) in [5, 5.41) is 23.2. The number of aliphatic hydroxyl groups excluding tert-OH is 1. The number of carboxylic acid groups (broad SMARTS) is 1. The quantitative estimate of drug-likeness (QED) is 0.816. The van der Waals surface area contributed by atoms with Gasteiger partial charge in [-0.1, -0.05) is 0 Å². The number of nitrogens with zero attached hydrogens (tertiary/aromatic N) is 4. The van der Waals surface area contributed by atoms with Crippen LogP contribution in [0.15, 0.2) is 12.4 Å². The molecule has 2 aromatic heterocycles. The minimum Gasteiger partial charge on any atom is -0.478 e. The smallest absolute Gasteiger partial charge is 0.339 e. The van der Waals surface area contributed by atoms with Gasteiger partial charge in [0, 0.05) is 26.3 Å². The number of anilines is 1. The number of aryl methyl sites for hydroxylation is 1. The average molecular weight is 264 g/mol. The van der Waals surface area contributed by atoms with Crippen molar-refractivity contribution >= 4 is 22.7 Å². The number of hydrogen-bond acceptors (Lipinski definition) is 5. The van der Waals surface area contributed by atoms with Crippen molar-refractivity contribution in [1.29, 1.82) is 0 Å². The molecule has 7 nitrogen and oxygen atoms in total. The summed E-state index contributed by atoms with van der Waals surface area (Å²) in [6, 6.07) is 0. The lowest BCUT2D eigenvalue weighted by Crippen LogP contribution is -2.28. The summed E-state index contributed by atoms with van der Waals surface area (Å²) >= 11 is 0. The number of carbonyl (C=O) groups is 1. The van der Waals surface area contributed by atoms with Crippen LogP contribution in [0, 0.1) is 0 Å². The van der Waals surface area contributed by atoms with Gasteiger partial charge in [0.1, 0.15) is 5.56 Å². The van der Waals surface area contributed by atoms with E-state index in [4.69, 9.17) is 5.11 Å². The van der Waals surface area contributed by atoms with Gasteiger partial charge in [0.25, 0.3) is 0 Å². The molecule has 0 radical (unpaired) electrons. The summed E-state index contributed by atoms with van der Waals surface area (Å²) in [4.78, 5) is 17.3. The Morgan fingerprint density at radius 1 is 1.47 bits per heavy atom. The molecule has 0 saturated carbocycles. The Morgan fingerprint density at radius 2 is 2.21 bits per heavy atom. The lowest BCUT2D eigenvalue weighted by Gasteiger charge is -2.24. The number of fused-ring (bicyclic) bond motifs is 1. The van der Waals surface area contributed by atoms with Crippen molar-refractivity contribution in [3.8, 4) is 0 Å². The van der Waals surface area contributed by atoms with Crippen LogP contribution in [0.4, 0.5) is 5.69 Å². The molecule has 0 unspecified atom stereocenters. The third-order valence-corrected chi connectivity index (χ3v) is 3.03. The zero-order valence-electron chi connectivity index (χ0n) is 10.9. The van der Waals surface area contributed by atoms with Gasteiger partial charge in [-0.2, -0.15) is 5.10 Å². The van der Waals surface area contributed by atoms with E-state index in [1.807, 2.05) is 11.8 Å². The van der Waals surface area contributed by atoms with Gasteiger partial charge in [0.05, 0.1) is 23.9 Å². The van der Waals surface area contributed by atoms with E-state index in [9.17, 15) is 9.90 Å². The SMILES string of the molecule is CCN(CCO)c1c(C(=O)O)cnc2c1cnn2C. The number of aromatic nitrogens is 3. The molecule has 0 spiro atoms. The Hall–Kier alpha value is -2.15. The fourth-order valence-electron chi connectivity index (χ4n) is 2.13. The van der Waals surface area contributed by atoms with Crippen LogP contribution in [-0.4, -0.2) is 50.6 Å². The molecule has 0 aliphatic carbocycles. The first kappa shape index (κ1) is 13.3. The van der Waals surface area contributed by atoms with Crippen LogP contribution >= 0.6 is 0 Å². The van der Waals surface area contributed by atoms with Crippen LogP contribution < -0.4 is 4.90 Å². The van der Waals surface area contributed by atoms with Gasteiger partial charge in [-0.05, 0) is 6.92 Å². The number of carboxylic acids is 1. The first-order valence-electron chi connectivity index (χ1n) is 6.00. The summed E-state index contributed by atoms with van der Waals surface area (Å²) in [7, 11) is 1.75. The van der Waals surface area contributed by atoms with E-state index in [-0.39, 0.29) is 12.2 Å². The predicted molar refractivity (Wildman–Crippen MR) is 70.4 cm³/mol. The van der Waals surface area contributed by atoms with Crippen molar-refractivity contribution in [2.45, 2.75) is 6.92 Å². The standard InChI is InChI=1S/C12H16N4O3/c1-3-16(4-5-17)10-8-7-14-15(2)11(8)13-6-9(10)12(18)19/h6-7,17H,3-5H2,1-2H3,(H,18,19). The van der Waals surface area contributed by atoms with Crippen molar-refractivity contribution in [2.75, 3.05) is 24.6 Å². The number of pyridine rings is 1. The highest BCUT2D eigenvalue weighted by Gasteiger charge is 2.20. The monoisotopic (exact) mass is 264 g/mol. The number of aromatic carboxylic acids is 1. The van der Waals surface area contributed by atoms with Gasteiger partial charge >= 0.3 is 5.97 Å². The van der Waals surface area contributed by atoms with E-state index in [1.165, 1.54) is 6.20 Å². The summed E-state index contributed by atoms with van der Waals surface area (Å²) in [5.41, 5.74) is 1.30. The third kappa shape index (κ3) is 2.24. The van der Waals surface area contributed by atoms with E-state index < -0.39 is 5.97 Å². The number of aliphatic hydroxyl groups is 1. The normalized spacial score (nSPS) is 10.9. The maximum absolute atomic E-state index is 11.3. The first-order valence-corrected chi connectivity index (χ1v) is 6.00. The minimum absolute atomic E-state index is 0.0447.